The number of aliphatic imine (C=N–C) groups is 1. The number of benzene rings is 1. The molecule has 0 radical (unpaired) electrons. The minimum absolute atomic E-state index is 0.276. The van der Waals surface area contributed by atoms with Crippen molar-refractivity contribution in [2.45, 2.75) is 26.3 Å². The van der Waals surface area contributed by atoms with Crippen molar-refractivity contribution < 1.29 is 9.53 Å². The van der Waals surface area contributed by atoms with Crippen LogP contribution in [-0.4, -0.2) is 85.5 Å². The van der Waals surface area contributed by atoms with E-state index >= 15 is 0 Å². The van der Waals surface area contributed by atoms with Crippen molar-refractivity contribution in [1.29, 1.82) is 0 Å². The Labute approximate surface area is 180 Å². The van der Waals surface area contributed by atoms with Gasteiger partial charge in [0, 0.05) is 51.4 Å². The van der Waals surface area contributed by atoms with Crippen LogP contribution in [0, 0.1) is 0 Å². The van der Waals surface area contributed by atoms with E-state index in [0.717, 1.165) is 75.9 Å². The predicted molar refractivity (Wildman–Crippen MR) is 121 cm³/mol. The Hall–Kier alpha value is -2.54. The highest BCUT2D eigenvalue weighted by Crippen LogP contribution is 2.19. The molecule has 7 nitrogen and oxygen atoms in total. The van der Waals surface area contributed by atoms with E-state index in [1.54, 1.807) is 6.08 Å². The minimum Gasteiger partial charge on any atom is -0.489 e. The topological polar surface area (TPSA) is 60.4 Å². The number of likely N-dealkylation sites (tertiary alicyclic amines) is 1. The van der Waals surface area contributed by atoms with Crippen molar-refractivity contribution in [3.63, 3.8) is 0 Å². The van der Waals surface area contributed by atoms with E-state index < -0.39 is 0 Å². The van der Waals surface area contributed by atoms with Gasteiger partial charge in [-0.15, -0.1) is 0 Å². The average molecular weight is 414 g/mol. The maximum absolute atomic E-state index is 12.4. The zero-order chi connectivity index (χ0) is 21.2. The van der Waals surface area contributed by atoms with Crippen molar-refractivity contribution in [2.75, 3.05) is 59.0 Å². The number of carbonyl (C=O) groups is 1. The summed E-state index contributed by atoms with van der Waals surface area (Å²) in [6.07, 6.45) is 4.03. The number of hydrogen-bond donors (Lipinski definition) is 1. The minimum atomic E-state index is 0.276. The molecule has 0 unspecified atom stereocenters. The lowest BCUT2D eigenvalue weighted by molar-refractivity contribution is -0.131. The van der Waals surface area contributed by atoms with Crippen LogP contribution >= 0.6 is 0 Å². The van der Waals surface area contributed by atoms with Crippen LogP contribution in [0.25, 0.3) is 0 Å². The summed E-state index contributed by atoms with van der Waals surface area (Å²) in [6, 6.07) is 8.00. The molecule has 3 rings (SSSR count). The molecule has 2 aliphatic rings. The third-order valence-electron chi connectivity index (χ3n) is 5.55. The predicted octanol–water partition coefficient (Wildman–Crippen LogP) is 1.96. The SMILES string of the molecule is C=CCOc1ccccc1CN=C(NCC)N1CCN(CC(=O)N2CCCC2)CC1. The lowest BCUT2D eigenvalue weighted by Gasteiger charge is -2.36. The Morgan fingerprint density at radius 3 is 2.57 bits per heavy atom. The zero-order valence-electron chi connectivity index (χ0n) is 18.2. The molecule has 164 valence electrons. The second-order valence-electron chi connectivity index (χ2n) is 7.73. The normalized spacial score (nSPS) is 17.8. The number of hydrogen-bond acceptors (Lipinski definition) is 4. The van der Waals surface area contributed by atoms with Crippen LogP contribution in [0.15, 0.2) is 41.9 Å². The van der Waals surface area contributed by atoms with Crippen LogP contribution in [0.3, 0.4) is 0 Å². The molecule has 2 heterocycles. The maximum atomic E-state index is 12.4. The average Bonchev–Trinajstić information content (AvgIpc) is 3.31. The Bertz CT molecular complexity index is 722. The first-order valence-electron chi connectivity index (χ1n) is 11.1. The molecule has 0 aliphatic carbocycles. The van der Waals surface area contributed by atoms with Gasteiger partial charge in [-0.05, 0) is 25.8 Å². The Morgan fingerprint density at radius 1 is 1.13 bits per heavy atom. The third-order valence-corrected chi connectivity index (χ3v) is 5.55. The molecule has 1 aromatic rings. The first kappa shape index (κ1) is 22.2. The standard InChI is InChI=1S/C23H35N5O2/c1-3-17-30-21-10-6-5-9-20(21)18-25-23(24-4-2)28-15-13-26(14-16-28)19-22(29)27-11-7-8-12-27/h3,5-6,9-10H,1,4,7-8,11-19H2,2H3,(H,24,25). The summed E-state index contributed by atoms with van der Waals surface area (Å²) in [5, 5.41) is 3.41. The molecule has 1 aromatic carbocycles. The van der Waals surface area contributed by atoms with Gasteiger partial charge in [-0.25, -0.2) is 4.99 Å². The van der Waals surface area contributed by atoms with E-state index in [1.165, 1.54) is 0 Å². The number of para-hydroxylation sites is 1. The van der Waals surface area contributed by atoms with Crippen LogP contribution in [0.5, 0.6) is 5.75 Å². The highest BCUT2D eigenvalue weighted by molar-refractivity contribution is 5.80. The number of nitrogens with one attached hydrogen (secondary N) is 1. The van der Waals surface area contributed by atoms with Crippen molar-refractivity contribution >= 4 is 11.9 Å². The molecule has 1 amide bonds. The van der Waals surface area contributed by atoms with Crippen LogP contribution in [0.2, 0.25) is 0 Å². The van der Waals surface area contributed by atoms with Crippen LogP contribution < -0.4 is 10.1 Å². The number of ether oxygens (including phenoxy) is 1. The smallest absolute Gasteiger partial charge is 0.236 e. The molecule has 30 heavy (non-hydrogen) atoms. The van der Waals surface area contributed by atoms with Crippen LogP contribution in [-0.2, 0) is 11.3 Å². The van der Waals surface area contributed by atoms with Gasteiger partial charge >= 0.3 is 0 Å². The molecular weight excluding hydrogens is 378 g/mol. The number of carbonyl (C=O) groups excluding carboxylic acids is 1. The van der Waals surface area contributed by atoms with E-state index in [0.29, 0.717) is 19.7 Å². The fraction of sp³-hybridized carbons (Fsp3) is 0.565. The molecule has 0 atom stereocenters. The lowest BCUT2D eigenvalue weighted by atomic mass is 10.2. The molecule has 0 aromatic heterocycles. The van der Waals surface area contributed by atoms with Gasteiger partial charge in [-0.1, -0.05) is 30.9 Å². The van der Waals surface area contributed by atoms with Gasteiger partial charge in [0.2, 0.25) is 5.91 Å². The van der Waals surface area contributed by atoms with E-state index in [9.17, 15) is 4.79 Å². The van der Waals surface area contributed by atoms with Crippen molar-refractivity contribution in [3.8, 4) is 5.75 Å². The lowest BCUT2D eigenvalue weighted by Crippen LogP contribution is -2.54. The summed E-state index contributed by atoms with van der Waals surface area (Å²) in [7, 11) is 0. The van der Waals surface area contributed by atoms with E-state index in [-0.39, 0.29) is 5.91 Å². The van der Waals surface area contributed by atoms with E-state index in [1.807, 2.05) is 29.2 Å². The quantitative estimate of drug-likeness (QED) is 0.401. The number of nitrogens with zero attached hydrogens (tertiary/aromatic N) is 4. The van der Waals surface area contributed by atoms with Gasteiger partial charge in [0.15, 0.2) is 5.96 Å². The Kier molecular flexibility index (Phi) is 8.56. The molecule has 1 N–H and O–H groups in total. The van der Waals surface area contributed by atoms with Gasteiger partial charge in [-0.2, -0.15) is 0 Å². The maximum Gasteiger partial charge on any atom is 0.236 e. The number of guanidine groups is 1. The van der Waals surface area contributed by atoms with Gasteiger partial charge in [-0.3, -0.25) is 9.69 Å². The van der Waals surface area contributed by atoms with Crippen LogP contribution in [0.1, 0.15) is 25.3 Å². The summed E-state index contributed by atoms with van der Waals surface area (Å²) in [6.45, 7) is 13.5. The molecule has 0 bridgehead atoms. The number of rotatable bonds is 8. The van der Waals surface area contributed by atoms with Gasteiger partial charge < -0.3 is 19.9 Å². The van der Waals surface area contributed by atoms with Gasteiger partial charge in [0.25, 0.3) is 0 Å². The highest BCUT2D eigenvalue weighted by Gasteiger charge is 2.24. The number of piperazine rings is 1. The van der Waals surface area contributed by atoms with E-state index in [2.05, 4.69) is 28.6 Å². The first-order valence-corrected chi connectivity index (χ1v) is 11.1. The molecule has 2 fully saturated rings. The first-order chi connectivity index (χ1) is 14.7. The summed E-state index contributed by atoms with van der Waals surface area (Å²) >= 11 is 0. The van der Waals surface area contributed by atoms with Crippen molar-refractivity contribution in [3.05, 3.63) is 42.5 Å². The van der Waals surface area contributed by atoms with Crippen molar-refractivity contribution in [1.82, 2.24) is 20.0 Å². The monoisotopic (exact) mass is 413 g/mol. The molecule has 2 saturated heterocycles. The van der Waals surface area contributed by atoms with Crippen LogP contribution in [0.4, 0.5) is 0 Å². The molecular formula is C23H35N5O2. The third kappa shape index (κ3) is 6.23. The highest BCUT2D eigenvalue weighted by atomic mass is 16.5. The summed E-state index contributed by atoms with van der Waals surface area (Å²) in [5.74, 6) is 2.04. The fourth-order valence-electron chi connectivity index (χ4n) is 3.89. The van der Waals surface area contributed by atoms with Gasteiger partial charge in [0.05, 0.1) is 13.1 Å². The largest absolute Gasteiger partial charge is 0.489 e. The summed E-state index contributed by atoms with van der Waals surface area (Å²) < 4.78 is 5.75. The van der Waals surface area contributed by atoms with Gasteiger partial charge in [0.1, 0.15) is 12.4 Å². The Balaban J connectivity index is 1.55. The second-order valence-corrected chi connectivity index (χ2v) is 7.73. The molecule has 7 heteroatoms. The second kappa shape index (κ2) is 11.6. The molecule has 0 saturated carbocycles. The van der Waals surface area contributed by atoms with E-state index in [4.69, 9.17) is 9.73 Å². The summed E-state index contributed by atoms with van der Waals surface area (Å²) in [5.41, 5.74) is 1.06. The number of amides is 1. The van der Waals surface area contributed by atoms with Crippen molar-refractivity contribution in [2.24, 2.45) is 4.99 Å². The molecule has 0 spiro atoms. The summed E-state index contributed by atoms with van der Waals surface area (Å²) in [4.78, 5) is 23.8. The zero-order valence-corrected chi connectivity index (χ0v) is 18.2. The fourth-order valence-corrected chi connectivity index (χ4v) is 3.89. The Morgan fingerprint density at radius 2 is 1.87 bits per heavy atom. The molecule has 2 aliphatic heterocycles.